The van der Waals surface area contributed by atoms with Crippen molar-refractivity contribution in [1.29, 1.82) is 0 Å². The summed E-state index contributed by atoms with van der Waals surface area (Å²) in [7, 11) is 2.14. The van der Waals surface area contributed by atoms with Gasteiger partial charge in [0.2, 0.25) is 5.91 Å². The Labute approximate surface area is 174 Å². The van der Waals surface area contributed by atoms with E-state index in [0.717, 1.165) is 63.2 Å². The van der Waals surface area contributed by atoms with E-state index in [1.807, 2.05) is 18.3 Å². The van der Waals surface area contributed by atoms with Crippen molar-refractivity contribution in [2.45, 2.75) is 37.8 Å². The first kappa shape index (κ1) is 25.2. The third-order valence-corrected chi connectivity index (χ3v) is 5.04. The maximum atomic E-state index is 12.2. The molecule has 0 aromatic carbocycles. The molecular formula is C17H30Cl3N5O. The SMILES string of the molecule is CN1CCN(c2ccc(CNC(=O)C3(N)CCCC3)cn2)CC1.Cl.Cl.Cl. The van der Waals surface area contributed by atoms with Gasteiger partial charge in [0, 0.05) is 38.9 Å². The summed E-state index contributed by atoms with van der Waals surface area (Å²) in [6.07, 6.45) is 5.53. The molecule has 9 heteroatoms. The Morgan fingerprint density at radius 2 is 1.77 bits per heavy atom. The van der Waals surface area contributed by atoms with Crippen molar-refractivity contribution in [3.05, 3.63) is 23.9 Å². The van der Waals surface area contributed by atoms with Gasteiger partial charge in [-0.05, 0) is 31.5 Å². The molecule has 150 valence electrons. The fourth-order valence-corrected chi connectivity index (χ4v) is 3.34. The Bertz CT molecular complexity index is 544. The summed E-state index contributed by atoms with van der Waals surface area (Å²) in [6.45, 7) is 4.65. The second-order valence-electron chi connectivity index (χ2n) is 6.86. The predicted octanol–water partition coefficient (Wildman–Crippen LogP) is 1.99. The molecule has 1 amide bonds. The van der Waals surface area contributed by atoms with Crippen LogP contribution >= 0.6 is 37.2 Å². The van der Waals surface area contributed by atoms with E-state index in [1.54, 1.807) is 0 Å². The van der Waals surface area contributed by atoms with Crippen LogP contribution in [-0.2, 0) is 11.3 Å². The number of hydrogen-bond donors (Lipinski definition) is 2. The molecule has 2 aliphatic rings. The largest absolute Gasteiger partial charge is 0.354 e. The van der Waals surface area contributed by atoms with E-state index in [4.69, 9.17) is 5.73 Å². The molecule has 0 unspecified atom stereocenters. The smallest absolute Gasteiger partial charge is 0.240 e. The maximum absolute atomic E-state index is 12.2. The number of carbonyl (C=O) groups is 1. The number of pyridine rings is 1. The van der Waals surface area contributed by atoms with E-state index >= 15 is 0 Å². The molecule has 3 N–H and O–H groups in total. The van der Waals surface area contributed by atoms with Crippen LogP contribution in [0.2, 0.25) is 0 Å². The topological polar surface area (TPSA) is 74.5 Å². The number of anilines is 1. The molecule has 2 fully saturated rings. The lowest BCUT2D eigenvalue weighted by Gasteiger charge is -2.33. The summed E-state index contributed by atoms with van der Waals surface area (Å²) in [4.78, 5) is 21.4. The van der Waals surface area contributed by atoms with Gasteiger partial charge in [-0.25, -0.2) is 4.98 Å². The first-order chi connectivity index (χ1) is 11.1. The second-order valence-corrected chi connectivity index (χ2v) is 6.86. The molecule has 6 nitrogen and oxygen atoms in total. The number of amides is 1. The number of likely N-dealkylation sites (N-methyl/N-ethyl adjacent to an activating group) is 1. The minimum Gasteiger partial charge on any atom is -0.354 e. The van der Waals surface area contributed by atoms with Crippen molar-refractivity contribution >= 4 is 48.9 Å². The molecule has 1 saturated carbocycles. The van der Waals surface area contributed by atoms with Gasteiger partial charge in [-0.1, -0.05) is 18.9 Å². The van der Waals surface area contributed by atoms with Gasteiger partial charge in [0.1, 0.15) is 5.82 Å². The number of rotatable bonds is 4. The Balaban J connectivity index is 0.00000208. The lowest BCUT2D eigenvalue weighted by Crippen LogP contribution is -2.51. The lowest BCUT2D eigenvalue weighted by molar-refractivity contribution is -0.126. The summed E-state index contributed by atoms with van der Waals surface area (Å²) < 4.78 is 0. The number of carbonyl (C=O) groups excluding carboxylic acids is 1. The quantitative estimate of drug-likeness (QED) is 0.770. The van der Waals surface area contributed by atoms with Crippen molar-refractivity contribution in [2.75, 3.05) is 38.1 Å². The maximum Gasteiger partial charge on any atom is 0.240 e. The Morgan fingerprint density at radius 1 is 1.15 bits per heavy atom. The number of halogens is 3. The summed E-state index contributed by atoms with van der Waals surface area (Å²) in [5, 5.41) is 2.96. The zero-order chi connectivity index (χ0) is 16.3. The number of aromatic nitrogens is 1. The molecule has 1 aliphatic carbocycles. The third-order valence-electron chi connectivity index (χ3n) is 5.04. The minimum absolute atomic E-state index is 0. The van der Waals surface area contributed by atoms with Crippen LogP contribution in [0, 0.1) is 0 Å². The van der Waals surface area contributed by atoms with Crippen molar-refractivity contribution in [3.8, 4) is 0 Å². The van der Waals surface area contributed by atoms with E-state index in [9.17, 15) is 4.79 Å². The van der Waals surface area contributed by atoms with Crippen LogP contribution in [0.4, 0.5) is 5.82 Å². The molecule has 26 heavy (non-hydrogen) atoms. The number of nitrogens with one attached hydrogen (secondary N) is 1. The molecule has 3 rings (SSSR count). The molecule has 1 aromatic rings. The van der Waals surface area contributed by atoms with E-state index in [-0.39, 0.29) is 43.1 Å². The van der Waals surface area contributed by atoms with Crippen molar-refractivity contribution in [2.24, 2.45) is 5.73 Å². The highest BCUT2D eigenvalue weighted by atomic mass is 35.5. The number of piperazine rings is 1. The van der Waals surface area contributed by atoms with Gasteiger partial charge in [0.15, 0.2) is 0 Å². The number of nitrogens with zero attached hydrogens (tertiary/aromatic N) is 3. The highest BCUT2D eigenvalue weighted by Crippen LogP contribution is 2.27. The van der Waals surface area contributed by atoms with E-state index < -0.39 is 5.54 Å². The zero-order valence-electron chi connectivity index (χ0n) is 15.1. The molecular weight excluding hydrogens is 397 g/mol. The summed E-state index contributed by atoms with van der Waals surface area (Å²) in [6, 6.07) is 4.08. The standard InChI is InChI=1S/C17H27N5O.3ClH/c1-21-8-10-22(11-9-21)15-5-4-14(12-19-15)13-20-16(23)17(18)6-2-3-7-17;;;/h4-5,12H,2-3,6-11,13,18H2,1H3,(H,20,23);3*1H. The number of hydrogen-bond acceptors (Lipinski definition) is 5. The van der Waals surface area contributed by atoms with Gasteiger partial charge in [0.25, 0.3) is 0 Å². The minimum atomic E-state index is -0.660. The van der Waals surface area contributed by atoms with Crippen molar-refractivity contribution < 1.29 is 4.79 Å². The van der Waals surface area contributed by atoms with Crippen LogP contribution < -0.4 is 16.0 Å². The highest BCUT2D eigenvalue weighted by molar-refractivity contribution is 5.86. The van der Waals surface area contributed by atoms with Gasteiger partial charge in [0.05, 0.1) is 5.54 Å². The Morgan fingerprint density at radius 3 is 2.31 bits per heavy atom. The van der Waals surface area contributed by atoms with E-state index in [1.165, 1.54) is 0 Å². The van der Waals surface area contributed by atoms with Crippen LogP contribution in [0.5, 0.6) is 0 Å². The number of nitrogens with two attached hydrogens (primary N) is 1. The molecule has 0 radical (unpaired) electrons. The van der Waals surface area contributed by atoms with Crippen LogP contribution in [0.15, 0.2) is 18.3 Å². The average Bonchev–Trinajstić information content (AvgIpc) is 3.02. The summed E-state index contributed by atoms with van der Waals surface area (Å²) in [5.74, 6) is 0.984. The van der Waals surface area contributed by atoms with Gasteiger partial charge in [-0.3, -0.25) is 4.79 Å². The third kappa shape index (κ3) is 6.13. The zero-order valence-corrected chi connectivity index (χ0v) is 17.6. The van der Waals surface area contributed by atoms with Gasteiger partial charge < -0.3 is 20.9 Å². The van der Waals surface area contributed by atoms with Gasteiger partial charge >= 0.3 is 0 Å². The highest BCUT2D eigenvalue weighted by Gasteiger charge is 2.36. The molecule has 0 atom stereocenters. The fraction of sp³-hybridized carbons (Fsp3) is 0.647. The first-order valence-electron chi connectivity index (χ1n) is 8.52. The Hall–Kier alpha value is -0.790. The van der Waals surface area contributed by atoms with Crippen molar-refractivity contribution in [1.82, 2.24) is 15.2 Å². The lowest BCUT2D eigenvalue weighted by atomic mass is 9.98. The van der Waals surface area contributed by atoms with Crippen LogP contribution in [0.25, 0.3) is 0 Å². The van der Waals surface area contributed by atoms with Crippen LogP contribution in [0.1, 0.15) is 31.2 Å². The molecule has 0 spiro atoms. The van der Waals surface area contributed by atoms with Crippen LogP contribution in [-0.4, -0.2) is 54.6 Å². The van der Waals surface area contributed by atoms with Crippen molar-refractivity contribution in [3.63, 3.8) is 0 Å². The molecule has 1 aliphatic heterocycles. The normalized spacial score (nSPS) is 18.9. The van der Waals surface area contributed by atoms with Gasteiger partial charge in [-0.15, -0.1) is 37.2 Å². The fourth-order valence-electron chi connectivity index (χ4n) is 3.34. The van der Waals surface area contributed by atoms with E-state index in [0.29, 0.717) is 6.54 Å². The monoisotopic (exact) mass is 425 g/mol. The average molecular weight is 427 g/mol. The first-order valence-corrected chi connectivity index (χ1v) is 8.52. The molecule has 2 heterocycles. The summed E-state index contributed by atoms with van der Waals surface area (Å²) >= 11 is 0. The van der Waals surface area contributed by atoms with Gasteiger partial charge in [-0.2, -0.15) is 0 Å². The second kappa shape index (κ2) is 11.1. The molecule has 0 bridgehead atoms. The molecule has 1 saturated heterocycles. The Kier molecular flexibility index (Phi) is 10.8. The summed E-state index contributed by atoms with van der Waals surface area (Å²) in [5.41, 5.74) is 6.51. The predicted molar refractivity (Wildman–Crippen MR) is 113 cm³/mol. The van der Waals surface area contributed by atoms with E-state index in [2.05, 4.69) is 27.1 Å². The van der Waals surface area contributed by atoms with Crippen LogP contribution in [0.3, 0.4) is 0 Å². The molecule has 1 aromatic heterocycles.